The van der Waals surface area contributed by atoms with Gasteiger partial charge in [-0.25, -0.2) is 4.79 Å². The first-order chi connectivity index (χ1) is 17.5. The molecule has 1 spiro atoms. The highest BCUT2D eigenvalue weighted by Crippen LogP contribution is 2.41. The Labute approximate surface area is 223 Å². The molecule has 3 heterocycles. The van der Waals surface area contributed by atoms with Gasteiger partial charge >= 0.3 is 6.09 Å². The number of anilines is 2. The van der Waals surface area contributed by atoms with Gasteiger partial charge in [-0.05, 0) is 63.1 Å². The van der Waals surface area contributed by atoms with Crippen LogP contribution in [0.1, 0.15) is 49.2 Å². The number of ether oxygens (including phenoxy) is 2. The highest BCUT2D eigenvalue weighted by atomic mass is 35.5. The summed E-state index contributed by atoms with van der Waals surface area (Å²) in [5.74, 6) is -0.0883. The third-order valence-corrected chi connectivity index (χ3v) is 7.61. The minimum absolute atomic E-state index is 0.0883. The fourth-order valence-electron chi connectivity index (χ4n) is 5.43. The van der Waals surface area contributed by atoms with E-state index in [0.717, 1.165) is 44.0 Å². The predicted octanol–water partition coefficient (Wildman–Crippen LogP) is 4.58. The Morgan fingerprint density at radius 3 is 2.54 bits per heavy atom. The first-order valence-electron chi connectivity index (χ1n) is 12.8. The molecule has 0 saturated carbocycles. The van der Waals surface area contributed by atoms with Crippen LogP contribution < -0.4 is 10.6 Å². The molecule has 2 aromatic rings. The second-order valence-electron chi connectivity index (χ2n) is 11.4. The van der Waals surface area contributed by atoms with Crippen molar-refractivity contribution < 1.29 is 19.1 Å². The van der Waals surface area contributed by atoms with Gasteiger partial charge in [0.15, 0.2) is 0 Å². The van der Waals surface area contributed by atoms with E-state index in [9.17, 15) is 9.59 Å². The van der Waals surface area contributed by atoms with E-state index >= 15 is 0 Å². The second-order valence-corrected chi connectivity index (χ2v) is 11.9. The van der Waals surface area contributed by atoms with Gasteiger partial charge in [0.05, 0.1) is 30.5 Å². The summed E-state index contributed by atoms with van der Waals surface area (Å²) in [6.07, 6.45) is 0.652. The molecule has 3 aliphatic heterocycles. The van der Waals surface area contributed by atoms with Crippen LogP contribution in [0, 0.1) is 5.41 Å². The molecule has 198 valence electrons. The van der Waals surface area contributed by atoms with E-state index in [-0.39, 0.29) is 23.5 Å². The van der Waals surface area contributed by atoms with Crippen LogP contribution in [0.4, 0.5) is 16.2 Å². The van der Waals surface area contributed by atoms with Crippen LogP contribution in [0.15, 0.2) is 42.5 Å². The van der Waals surface area contributed by atoms with Crippen LogP contribution >= 0.6 is 11.6 Å². The third kappa shape index (κ3) is 5.36. The third-order valence-electron chi connectivity index (χ3n) is 7.37. The van der Waals surface area contributed by atoms with Crippen molar-refractivity contribution in [3.63, 3.8) is 0 Å². The fraction of sp³-hybridized carbons (Fsp3) is 0.500. The predicted molar refractivity (Wildman–Crippen MR) is 144 cm³/mol. The monoisotopic (exact) mass is 526 g/mol. The standard InChI is InChI=1S/C28H35ClN4O4/c1-27(2,3)37-26(35)31-11-12-33(24(15-31)19-5-4-6-20(29)13-19)25(34)22-8-7-21(30)14-23(22)32-10-9-28(16-32)17-36-18-28/h4-8,13-14,24H,9-12,15-18,30H2,1-3H3. The van der Waals surface area contributed by atoms with Crippen LogP contribution in [-0.2, 0) is 9.47 Å². The number of hydrogen-bond donors (Lipinski definition) is 1. The zero-order valence-electron chi connectivity index (χ0n) is 21.7. The molecule has 8 nitrogen and oxygen atoms in total. The summed E-state index contributed by atoms with van der Waals surface area (Å²) in [7, 11) is 0. The first-order valence-corrected chi connectivity index (χ1v) is 13.2. The van der Waals surface area contributed by atoms with Gasteiger partial charge in [-0.1, -0.05) is 23.7 Å². The molecule has 3 saturated heterocycles. The van der Waals surface area contributed by atoms with Gasteiger partial charge in [-0.15, -0.1) is 0 Å². The molecule has 2 N–H and O–H groups in total. The molecule has 0 bridgehead atoms. The van der Waals surface area contributed by atoms with Gasteiger partial charge in [0.1, 0.15) is 5.60 Å². The summed E-state index contributed by atoms with van der Waals surface area (Å²) >= 11 is 6.33. The Morgan fingerprint density at radius 2 is 1.89 bits per heavy atom. The molecule has 1 unspecified atom stereocenters. The Balaban J connectivity index is 1.45. The van der Waals surface area contributed by atoms with E-state index in [4.69, 9.17) is 26.8 Å². The number of benzene rings is 2. The van der Waals surface area contributed by atoms with Crippen molar-refractivity contribution in [3.8, 4) is 0 Å². The summed E-state index contributed by atoms with van der Waals surface area (Å²) in [6.45, 7) is 9.84. The number of nitrogens with zero attached hydrogens (tertiary/aromatic N) is 3. The van der Waals surface area contributed by atoms with Crippen molar-refractivity contribution in [3.05, 3.63) is 58.6 Å². The number of carbonyl (C=O) groups is 2. The summed E-state index contributed by atoms with van der Waals surface area (Å²) in [4.78, 5) is 32.9. The van der Waals surface area contributed by atoms with E-state index < -0.39 is 5.60 Å². The fourth-order valence-corrected chi connectivity index (χ4v) is 5.63. The van der Waals surface area contributed by atoms with E-state index in [1.807, 2.05) is 56.0 Å². The van der Waals surface area contributed by atoms with Crippen LogP contribution in [0.3, 0.4) is 0 Å². The van der Waals surface area contributed by atoms with Crippen molar-refractivity contribution in [1.29, 1.82) is 0 Å². The highest BCUT2D eigenvalue weighted by Gasteiger charge is 2.45. The van der Waals surface area contributed by atoms with Crippen molar-refractivity contribution in [2.24, 2.45) is 5.41 Å². The van der Waals surface area contributed by atoms with Crippen LogP contribution in [-0.4, -0.2) is 73.3 Å². The summed E-state index contributed by atoms with van der Waals surface area (Å²) in [6, 6.07) is 12.6. The lowest BCUT2D eigenvalue weighted by atomic mass is 9.85. The molecular weight excluding hydrogens is 492 g/mol. The average molecular weight is 527 g/mol. The zero-order valence-corrected chi connectivity index (χ0v) is 22.5. The van der Waals surface area contributed by atoms with Gasteiger partial charge in [0.2, 0.25) is 0 Å². The lowest BCUT2D eigenvalue weighted by Crippen LogP contribution is -2.53. The largest absolute Gasteiger partial charge is 0.444 e. The Morgan fingerprint density at radius 1 is 1.11 bits per heavy atom. The highest BCUT2D eigenvalue weighted by molar-refractivity contribution is 6.30. The SMILES string of the molecule is CC(C)(C)OC(=O)N1CCN(C(=O)c2ccc(N)cc2N2CCC3(COC3)C2)C(c2cccc(Cl)c2)C1. The van der Waals surface area contributed by atoms with Gasteiger partial charge in [-0.2, -0.15) is 0 Å². The molecule has 5 rings (SSSR count). The van der Waals surface area contributed by atoms with Crippen molar-refractivity contribution in [2.45, 2.75) is 38.8 Å². The molecule has 0 aromatic heterocycles. The summed E-state index contributed by atoms with van der Waals surface area (Å²) < 4.78 is 11.1. The number of nitrogen functional groups attached to an aromatic ring is 1. The van der Waals surface area contributed by atoms with Crippen molar-refractivity contribution >= 4 is 35.0 Å². The minimum Gasteiger partial charge on any atom is -0.444 e. The number of piperazine rings is 1. The number of carbonyl (C=O) groups excluding carboxylic acids is 2. The smallest absolute Gasteiger partial charge is 0.410 e. The van der Waals surface area contributed by atoms with Crippen LogP contribution in [0.5, 0.6) is 0 Å². The molecule has 0 radical (unpaired) electrons. The molecular formula is C28H35ClN4O4. The van der Waals surface area contributed by atoms with Crippen molar-refractivity contribution in [1.82, 2.24) is 9.80 Å². The summed E-state index contributed by atoms with van der Waals surface area (Å²) in [5.41, 5.74) is 8.71. The molecule has 3 aliphatic rings. The van der Waals surface area contributed by atoms with Crippen LogP contribution in [0.2, 0.25) is 5.02 Å². The van der Waals surface area contributed by atoms with Crippen LogP contribution in [0.25, 0.3) is 0 Å². The molecule has 9 heteroatoms. The zero-order chi connectivity index (χ0) is 26.4. The maximum atomic E-state index is 14.2. The van der Waals surface area contributed by atoms with E-state index in [2.05, 4.69) is 4.90 Å². The molecule has 1 atom stereocenters. The molecule has 0 aliphatic carbocycles. The maximum absolute atomic E-state index is 14.2. The second kappa shape index (κ2) is 9.72. The Hall–Kier alpha value is -2.97. The molecule has 2 aromatic carbocycles. The quantitative estimate of drug-likeness (QED) is 0.589. The minimum atomic E-state index is -0.604. The Kier molecular flexibility index (Phi) is 6.75. The first kappa shape index (κ1) is 25.7. The topological polar surface area (TPSA) is 88.3 Å². The molecule has 37 heavy (non-hydrogen) atoms. The molecule has 2 amide bonds. The number of halogens is 1. The van der Waals surface area contributed by atoms with E-state index in [1.165, 1.54) is 0 Å². The Bertz CT molecular complexity index is 1190. The number of rotatable bonds is 3. The number of hydrogen-bond acceptors (Lipinski definition) is 6. The average Bonchev–Trinajstić information content (AvgIpc) is 3.29. The van der Waals surface area contributed by atoms with E-state index in [1.54, 1.807) is 17.0 Å². The maximum Gasteiger partial charge on any atom is 0.410 e. The van der Waals surface area contributed by atoms with Gasteiger partial charge in [0, 0.05) is 48.8 Å². The van der Waals surface area contributed by atoms with Crippen molar-refractivity contribution in [2.75, 3.05) is 56.6 Å². The lowest BCUT2D eigenvalue weighted by Gasteiger charge is -2.42. The van der Waals surface area contributed by atoms with E-state index in [0.29, 0.717) is 35.9 Å². The number of amides is 2. The number of nitrogens with two attached hydrogens (primary N) is 1. The summed E-state index contributed by atoms with van der Waals surface area (Å²) in [5, 5.41) is 0.581. The van der Waals surface area contributed by atoms with Gasteiger partial charge in [-0.3, -0.25) is 4.79 Å². The lowest BCUT2D eigenvalue weighted by molar-refractivity contribution is -0.0985. The van der Waals surface area contributed by atoms with Gasteiger partial charge < -0.3 is 29.9 Å². The molecule has 3 fully saturated rings. The normalized spacial score (nSPS) is 21.2. The van der Waals surface area contributed by atoms with Gasteiger partial charge in [0.25, 0.3) is 5.91 Å².